The molecule has 0 amide bonds. The summed E-state index contributed by atoms with van der Waals surface area (Å²) in [7, 11) is 0. The monoisotopic (exact) mass is 279 g/mol. The molecule has 1 heterocycles. The molecule has 1 aromatic carbocycles. The minimum absolute atomic E-state index is 0.109. The van der Waals surface area contributed by atoms with Crippen LogP contribution in [0.2, 0.25) is 5.02 Å². The van der Waals surface area contributed by atoms with Crippen LogP contribution in [0.5, 0.6) is 0 Å². The van der Waals surface area contributed by atoms with Crippen molar-refractivity contribution in [1.82, 2.24) is 4.98 Å². The Hall–Kier alpha value is -3.07. The Labute approximate surface area is 119 Å². The van der Waals surface area contributed by atoms with E-state index in [0.29, 0.717) is 21.6 Å². The molecule has 1 N–H and O–H groups in total. The van der Waals surface area contributed by atoms with Crippen LogP contribution in [0.1, 0.15) is 0 Å². The summed E-state index contributed by atoms with van der Waals surface area (Å²) in [5.74, 6) is 0. The zero-order valence-electron chi connectivity index (χ0n) is 10.1. The molecular formula is C14H6ClN5. The molecule has 0 spiro atoms. The summed E-state index contributed by atoms with van der Waals surface area (Å²) in [5, 5.41) is 30.6. The molecule has 94 valence electrons. The maximum atomic E-state index is 9.03. The summed E-state index contributed by atoms with van der Waals surface area (Å²) in [5.41, 5.74) is 0.853. The fourth-order valence-electron chi connectivity index (χ4n) is 1.65. The number of halogens is 1. The van der Waals surface area contributed by atoms with Crippen molar-refractivity contribution >= 4 is 28.2 Å². The molecule has 1 aromatic heterocycles. The summed E-state index contributed by atoms with van der Waals surface area (Å²) in [6, 6.07) is 12.1. The van der Waals surface area contributed by atoms with Crippen LogP contribution in [0.4, 0.5) is 5.69 Å². The van der Waals surface area contributed by atoms with E-state index in [1.165, 1.54) is 6.20 Å². The minimum atomic E-state index is -0.278. The summed E-state index contributed by atoms with van der Waals surface area (Å²) >= 11 is 5.91. The van der Waals surface area contributed by atoms with E-state index in [1.54, 1.807) is 42.5 Å². The fourth-order valence-corrected chi connectivity index (χ4v) is 1.81. The maximum absolute atomic E-state index is 9.03. The number of aromatic nitrogens is 1. The smallest absolute Gasteiger partial charge is 0.163 e. The molecule has 2 rings (SSSR count). The minimum Gasteiger partial charge on any atom is -0.345 e. The number of allylic oxidation sites excluding steroid dienone is 2. The number of hydrogen-bond acceptors (Lipinski definition) is 5. The molecule has 6 heteroatoms. The van der Waals surface area contributed by atoms with E-state index in [0.717, 1.165) is 0 Å². The van der Waals surface area contributed by atoms with Gasteiger partial charge in [-0.1, -0.05) is 17.7 Å². The quantitative estimate of drug-likeness (QED) is 0.852. The number of nitrogens with one attached hydrogen (secondary N) is 1. The lowest BCUT2D eigenvalue weighted by Gasteiger charge is -2.08. The highest BCUT2D eigenvalue weighted by atomic mass is 35.5. The van der Waals surface area contributed by atoms with Gasteiger partial charge < -0.3 is 5.32 Å². The summed E-state index contributed by atoms with van der Waals surface area (Å²) in [4.78, 5) is 4.16. The maximum Gasteiger partial charge on any atom is 0.163 e. The molecular weight excluding hydrogens is 274 g/mol. The normalized spacial score (nSPS) is 9.10. The van der Waals surface area contributed by atoms with Crippen molar-refractivity contribution in [3.05, 3.63) is 46.8 Å². The lowest BCUT2D eigenvalue weighted by atomic mass is 10.1. The first kappa shape index (κ1) is 13.4. The predicted molar refractivity (Wildman–Crippen MR) is 74.2 cm³/mol. The molecule has 0 aliphatic carbocycles. The van der Waals surface area contributed by atoms with Gasteiger partial charge in [0.2, 0.25) is 0 Å². The second kappa shape index (κ2) is 5.71. The highest BCUT2D eigenvalue weighted by Gasteiger charge is 2.09. The largest absolute Gasteiger partial charge is 0.345 e. The van der Waals surface area contributed by atoms with Gasteiger partial charge in [-0.05, 0) is 18.2 Å². The molecule has 0 saturated heterocycles. The highest BCUT2D eigenvalue weighted by molar-refractivity contribution is 6.31. The number of rotatable bonds is 2. The van der Waals surface area contributed by atoms with Gasteiger partial charge in [-0.2, -0.15) is 15.8 Å². The second-order valence-electron chi connectivity index (χ2n) is 3.74. The molecule has 0 aliphatic heterocycles. The van der Waals surface area contributed by atoms with Gasteiger partial charge in [0.25, 0.3) is 0 Å². The van der Waals surface area contributed by atoms with Crippen LogP contribution < -0.4 is 5.32 Å². The third-order valence-electron chi connectivity index (χ3n) is 2.54. The molecule has 20 heavy (non-hydrogen) atoms. The lowest BCUT2D eigenvalue weighted by molar-refractivity contribution is 1.37. The number of pyridine rings is 1. The van der Waals surface area contributed by atoms with Crippen LogP contribution in [0, 0.1) is 34.0 Å². The average molecular weight is 280 g/mol. The molecule has 0 atom stereocenters. The molecule has 0 saturated carbocycles. The van der Waals surface area contributed by atoms with E-state index < -0.39 is 0 Å². The van der Waals surface area contributed by atoms with E-state index in [-0.39, 0.29) is 11.3 Å². The van der Waals surface area contributed by atoms with Crippen LogP contribution in [-0.2, 0) is 0 Å². The Balaban J connectivity index is 2.59. The SMILES string of the molecule is N#CC(C#N)=C(C#N)Nc1cccc2ncc(Cl)cc12. The standard InChI is InChI=1S/C14H6ClN5/c15-10-4-11-12(19-8-10)2-1-3-13(11)20-14(7-18)9(5-16)6-17/h1-4,8,20H. The van der Waals surface area contributed by atoms with Gasteiger partial charge in [-0.15, -0.1) is 0 Å². The zero-order chi connectivity index (χ0) is 14.5. The molecule has 0 fully saturated rings. The van der Waals surface area contributed by atoms with Crippen LogP contribution in [0.15, 0.2) is 41.7 Å². The van der Waals surface area contributed by atoms with Gasteiger partial charge in [0, 0.05) is 17.3 Å². The topological polar surface area (TPSA) is 96.3 Å². The van der Waals surface area contributed by atoms with Gasteiger partial charge in [-0.3, -0.25) is 4.98 Å². The van der Waals surface area contributed by atoms with Gasteiger partial charge in [0.1, 0.15) is 23.9 Å². The first-order valence-corrected chi connectivity index (χ1v) is 5.83. The number of anilines is 1. The van der Waals surface area contributed by atoms with E-state index in [2.05, 4.69) is 10.3 Å². The molecule has 2 aromatic rings. The summed E-state index contributed by atoms with van der Waals surface area (Å²) in [6.07, 6.45) is 1.52. The van der Waals surface area contributed by atoms with Gasteiger partial charge in [0.05, 0.1) is 10.5 Å². The fraction of sp³-hybridized carbons (Fsp3) is 0. The van der Waals surface area contributed by atoms with Crippen molar-refractivity contribution in [3.63, 3.8) is 0 Å². The molecule has 0 aliphatic rings. The number of benzene rings is 1. The predicted octanol–water partition coefficient (Wildman–Crippen LogP) is 3.12. The Bertz CT molecular complexity index is 817. The Morgan fingerprint density at radius 3 is 2.55 bits per heavy atom. The van der Waals surface area contributed by atoms with E-state index >= 15 is 0 Å². The van der Waals surface area contributed by atoms with Crippen molar-refractivity contribution in [2.75, 3.05) is 5.32 Å². The Morgan fingerprint density at radius 2 is 1.90 bits per heavy atom. The number of hydrogen-bond donors (Lipinski definition) is 1. The van der Waals surface area contributed by atoms with E-state index in [4.69, 9.17) is 27.4 Å². The van der Waals surface area contributed by atoms with Gasteiger partial charge in [-0.25, -0.2) is 0 Å². The Kier molecular flexibility index (Phi) is 3.82. The van der Waals surface area contributed by atoms with Crippen LogP contribution in [0.25, 0.3) is 10.9 Å². The second-order valence-corrected chi connectivity index (χ2v) is 4.17. The number of nitrogens with zero attached hydrogens (tertiary/aromatic N) is 4. The molecule has 0 bridgehead atoms. The third kappa shape index (κ3) is 2.52. The summed E-state index contributed by atoms with van der Waals surface area (Å²) in [6.45, 7) is 0. The number of nitriles is 3. The zero-order valence-corrected chi connectivity index (χ0v) is 10.8. The van der Waals surface area contributed by atoms with Crippen molar-refractivity contribution in [2.24, 2.45) is 0 Å². The third-order valence-corrected chi connectivity index (χ3v) is 2.74. The van der Waals surface area contributed by atoms with Crippen LogP contribution >= 0.6 is 11.6 Å². The average Bonchev–Trinajstić information content (AvgIpc) is 2.47. The van der Waals surface area contributed by atoms with Crippen molar-refractivity contribution in [3.8, 4) is 18.2 Å². The van der Waals surface area contributed by atoms with Crippen molar-refractivity contribution in [1.29, 1.82) is 15.8 Å². The first-order chi connectivity index (χ1) is 9.69. The molecule has 0 unspecified atom stereocenters. The molecule has 0 radical (unpaired) electrons. The van der Waals surface area contributed by atoms with E-state index in [9.17, 15) is 0 Å². The summed E-state index contributed by atoms with van der Waals surface area (Å²) < 4.78 is 0. The lowest BCUT2D eigenvalue weighted by Crippen LogP contribution is -2.01. The van der Waals surface area contributed by atoms with Crippen molar-refractivity contribution in [2.45, 2.75) is 0 Å². The molecule has 5 nitrogen and oxygen atoms in total. The van der Waals surface area contributed by atoms with Crippen molar-refractivity contribution < 1.29 is 0 Å². The van der Waals surface area contributed by atoms with Gasteiger partial charge >= 0.3 is 0 Å². The van der Waals surface area contributed by atoms with Gasteiger partial charge in [0.15, 0.2) is 5.57 Å². The van der Waals surface area contributed by atoms with Crippen LogP contribution in [-0.4, -0.2) is 4.98 Å². The van der Waals surface area contributed by atoms with E-state index in [1.807, 2.05) is 0 Å². The van der Waals surface area contributed by atoms with Crippen LogP contribution in [0.3, 0.4) is 0 Å². The number of fused-ring (bicyclic) bond motifs is 1. The first-order valence-electron chi connectivity index (χ1n) is 5.45. The highest BCUT2D eigenvalue weighted by Crippen LogP contribution is 2.26. The Morgan fingerprint density at radius 1 is 1.15 bits per heavy atom.